The Hall–Kier alpha value is 0.538. The second kappa shape index (κ2) is 60.1. The van der Waals surface area contributed by atoms with Gasteiger partial charge in [-0.25, -0.2) is 4.67 Å². The number of nitriles is 4. The summed E-state index contributed by atoms with van der Waals surface area (Å²) < 4.78 is 115. The fourth-order valence-electron chi connectivity index (χ4n) is 14.0. The first-order chi connectivity index (χ1) is 61.3. The maximum Gasteiger partial charge on any atom is 0.423 e. The molecule has 28 atom stereocenters. The van der Waals surface area contributed by atoms with E-state index in [1.54, 1.807) is 0 Å². The number of likely N-dealkylation sites (N-methyl/N-ethyl adjacent to an activating group) is 3. The van der Waals surface area contributed by atoms with Crippen LogP contribution in [0.5, 0.6) is 0 Å². The maximum atomic E-state index is 10.6. The predicted molar refractivity (Wildman–Crippen MR) is 568 cm³/mol. The molecule has 6 saturated heterocycles. The number of nitrogens with two attached hydrogens (primary N) is 1. The first-order valence-electron chi connectivity index (χ1n) is 47.2. The van der Waals surface area contributed by atoms with Crippen LogP contribution in [0.25, 0.3) is 0 Å². The standard InChI is InChI=1S/C33H65N5O7P2Si.C24H48N3O6PSi.C17H34N2O4PSi.C12H27NO3Si.C3H9P.CCl4/c1-23(2)38(24(3)4)46(39-19-15-17-34)43-30-25(5)26(6)41-29(30)22-37-47(12,40-20-16-18-35)44-32-28(21-36-11)42-27(7)31(32)45-48(13,14)33(8,9)10;1-16-17(2)30-19(21(16)28)15-27-34(8,29-13-11-12-25)32-23-20(14-26-7)31-18(3)22(23)33-35(9,10)24(4,5)6;1-13-15(23-25(7,8)17(2,3)4)16(14(21-13)12-19-5)22-24(6)20-11-9-10-18;1-8-11(10(14)9(7-13)15-8)16-17(5,6)12(2,3)4;1-4(2)3;2-1(3,4)5/h23-32,36-37H,12,15-16,19-22H2,1-11,13-14H3;16-23,26-28H,8,11,13-15H2,1-7,9-10H3;13-16,19H,6,9,11-12H2,1-5,7-8H3;8-11,14H,7,13H2,1-6H3;1-3H3;/q;;+1;;;/t25?,26-,27-,28+,29+,30+,31?,32-,46?,47?;16?,17-,18-,19+,20+,21+,22?,23-,34?;13-,14+,15?,16-;8-,9+,10-,11?;;/m0000../s1. The van der Waals surface area contributed by atoms with Gasteiger partial charge >= 0.3 is 8.00 Å². The Morgan fingerprint density at radius 1 is 0.448 bits per heavy atom. The SMILES string of the molecule is C=P(NC[C@H]1O[C@@H](C)C(C)[C@H]1O)(OCCC#N)O[C@@H]1C(O[Si](C)(C)C(C)(C)C)[C@H](C)O[C@@H]1CNC.C=P(NC[C@H]1O[C@@H](C)C(C)[C@H]1OP(OCCC#N)N(C(C)C)C(C)C)(OCCC#N)O[C@@H]1C(O[Si](C)(C)C(C)(C)C)[C@H](C)O[C@@H]1CNC.C=[P+](OCCC#N)O[C@@H]1C(O[Si](C)(C)C(C)(C)C)[C@H](C)O[C@@H]1CNC.CP(C)C.C[C@@H]1O[C@H](CN)[C@H](O)C1O[Si](C)(C)C(C)(C)C.ClC(Cl)(Cl)Cl. The average molecular weight is 2150 g/mol. The molecule has 6 aliphatic heterocycles. The molecule has 44 heteroatoms. The van der Waals surface area contributed by atoms with Gasteiger partial charge in [-0.2, -0.15) is 25.6 Å². The zero-order valence-corrected chi connectivity index (χ0v) is 100. The molecule has 9 N–H and O–H groups in total. The van der Waals surface area contributed by atoms with Crippen LogP contribution in [-0.4, -0.2) is 324 Å². The van der Waals surface area contributed by atoms with E-state index < -0.39 is 98.5 Å². The Morgan fingerprint density at radius 3 is 1.06 bits per heavy atom. The lowest BCUT2D eigenvalue weighted by Gasteiger charge is -2.41. The Kier molecular flexibility index (Phi) is 59.5. The van der Waals surface area contributed by atoms with Gasteiger partial charge in [0.25, 0.3) is 11.8 Å². The first-order valence-corrected chi connectivity index (χ1v) is 69.2. The lowest BCUT2D eigenvalue weighted by molar-refractivity contribution is 0.0150. The monoisotopic (exact) mass is 2150 g/mol. The van der Waals surface area contributed by atoms with Crippen molar-refractivity contribution in [2.24, 2.45) is 17.6 Å². The van der Waals surface area contributed by atoms with Crippen LogP contribution in [-0.2, 0) is 82.3 Å². The number of ether oxygens (including phenoxy) is 6. The number of halogens is 4. The lowest BCUT2D eigenvalue weighted by atomic mass is 10.00. The van der Waals surface area contributed by atoms with Crippen molar-refractivity contribution in [3.05, 3.63) is 0 Å². The van der Waals surface area contributed by atoms with Crippen LogP contribution >= 0.6 is 85.8 Å². The number of nitrogens with one attached hydrogen (secondary N) is 5. The molecule has 786 valence electrons. The quantitative estimate of drug-likeness (QED) is 0.0122. The van der Waals surface area contributed by atoms with Crippen LogP contribution in [0.15, 0.2) is 0 Å². The first kappa shape index (κ1) is 133. The van der Waals surface area contributed by atoms with Gasteiger partial charge in [0.05, 0.1) is 155 Å². The van der Waals surface area contributed by atoms with E-state index in [1.807, 2.05) is 62.7 Å². The van der Waals surface area contributed by atoms with Crippen molar-refractivity contribution in [3.8, 4) is 24.3 Å². The summed E-state index contributed by atoms with van der Waals surface area (Å²) in [7, 11) is -10.9. The molecule has 0 aromatic carbocycles. The van der Waals surface area contributed by atoms with Crippen molar-refractivity contribution < 1.29 is 92.5 Å². The van der Waals surface area contributed by atoms with Gasteiger partial charge in [0.15, 0.2) is 54.4 Å². The fourth-order valence-corrected chi connectivity index (χ4v) is 25.6. The molecule has 0 bridgehead atoms. The van der Waals surface area contributed by atoms with E-state index in [4.69, 9.17) is 150 Å². The van der Waals surface area contributed by atoms with Gasteiger partial charge in [0.1, 0.15) is 55.6 Å². The van der Waals surface area contributed by atoms with E-state index in [9.17, 15) is 15.5 Å². The van der Waals surface area contributed by atoms with E-state index in [1.165, 1.54) is 0 Å². The van der Waals surface area contributed by atoms with Gasteiger partial charge < -0.3 is 105 Å². The molecule has 0 saturated carbocycles. The number of nitrogens with zero attached hydrogens (tertiary/aromatic N) is 5. The van der Waals surface area contributed by atoms with E-state index in [-0.39, 0.29) is 180 Å². The van der Waals surface area contributed by atoms with E-state index in [2.05, 4.69) is 271 Å². The van der Waals surface area contributed by atoms with E-state index in [0.717, 1.165) is 0 Å². The Labute approximate surface area is 839 Å². The van der Waals surface area contributed by atoms with Gasteiger partial charge in [0.2, 0.25) is 0 Å². The summed E-state index contributed by atoms with van der Waals surface area (Å²) >= 11 is 19.3. The number of hydrogen-bond donors (Lipinski definition) is 8. The summed E-state index contributed by atoms with van der Waals surface area (Å²) in [6.07, 6.45) is 7.92. The molecular weight excluding hydrogens is 1960 g/mol. The molecule has 0 radical (unpaired) electrons. The van der Waals surface area contributed by atoms with E-state index >= 15 is 0 Å². The van der Waals surface area contributed by atoms with Crippen LogP contribution < -0.4 is 31.9 Å². The number of alkyl halides is 4. The number of rotatable bonds is 44. The smallest absolute Gasteiger partial charge is 0.409 e. The van der Waals surface area contributed by atoms with Gasteiger partial charge in [-0.05, 0) is 196 Å². The zero-order valence-electron chi connectivity index (χ0n) is 88.8. The minimum Gasteiger partial charge on any atom is -0.409 e. The third-order valence-corrected chi connectivity index (χ3v) is 50.6. The van der Waals surface area contributed by atoms with Crippen molar-refractivity contribution in [1.29, 1.82) is 21.0 Å². The zero-order chi connectivity index (χ0) is 104. The topological polar surface area (TPSA) is 391 Å². The highest BCUT2D eigenvalue weighted by Gasteiger charge is 2.56. The summed E-state index contributed by atoms with van der Waals surface area (Å²) in [6, 6.07) is 8.84. The molecule has 0 aliphatic carbocycles. The lowest BCUT2D eigenvalue weighted by Crippen LogP contribution is -2.50. The largest absolute Gasteiger partial charge is 0.423 e. The normalized spacial score (nSPS) is 30.5. The summed E-state index contributed by atoms with van der Waals surface area (Å²) in [5.74, 6) is 0.109. The molecule has 0 aromatic rings. The fraction of sp³-hybridized carbons (Fsp3) is 0.922. The summed E-state index contributed by atoms with van der Waals surface area (Å²) in [6.45, 7) is 79.4. The van der Waals surface area contributed by atoms with Gasteiger partial charge in [-0.15, -0.1) is 12.4 Å². The second-order valence-electron chi connectivity index (χ2n) is 42.5. The summed E-state index contributed by atoms with van der Waals surface area (Å²) in [5.41, 5.74) is 5.57. The van der Waals surface area contributed by atoms with Crippen LogP contribution in [0, 0.1) is 57.2 Å². The predicted octanol–water partition coefficient (Wildman–Crippen LogP) is 18.7. The van der Waals surface area contributed by atoms with Crippen molar-refractivity contribution in [1.82, 2.24) is 30.8 Å². The Balaban J connectivity index is 0.000000913. The minimum absolute atomic E-state index is 0.00272. The van der Waals surface area contributed by atoms with Crippen molar-refractivity contribution in [2.75, 3.05) is 107 Å². The van der Waals surface area contributed by atoms with Crippen LogP contribution in [0.2, 0.25) is 72.5 Å². The van der Waals surface area contributed by atoms with Crippen LogP contribution in [0.3, 0.4) is 0 Å². The number of hydrogen-bond acceptors (Lipinski definition) is 31. The van der Waals surface area contributed by atoms with Gasteiger partial charge in [-0.1, -0.05) is 143 Å². The highest BCUT2D eigenvalue weighted by atomic mass is 35.6. The number of aliphatic hydroxyl groups is 2. The Bertz CT molecular complexity index is 3640. The molecule has 0 aromatic heterocycles. The molecule has 6 fully saturated rings. The molecule has 6 rings (SSSR count). The van der Waals surface area contributed by atoms with Crippen molar-refractivity contribution in [2.45, 2.75) is 414 Å². The minimum atomic E-state index is -3.04. The third-order valence-electron chi connectivity index (χ3n) is 25.9. The Morgan fingerprint density at radius 2 is 0.739 bits per heavy atom. The average Bonchev–Trinajstić information content (AvgIpc) is 1.63. The highest BCUT2D eigenvalue weighted by Crippen LogP contribution is 2.55. The summed E-state index contributed by atoms with van der Waals surface area (Å²) in [5, 5.41) is 73.5. The number of aliphatic hydroxyl groups excluding tert-OH is 2. The van der Waals surface area contributed by atoms with Crippen molar-refractivity contribution >= 4 is 138 Å². The molecule has 10 unspecified atom stereocenters. The maximum absolute atomic E-state index is 10.6. The molecule has 6 heterocycles. The van der Waals surface area contributed by atoms with E-state index in [0.29, 0.717) is 66.8 Å². The van der Waals surface area contributed by atoms with Crippen LogP contribution in [0.1, 0.15) is 192 Å². The molecule has 0 spiro atoms. The van der Waals surface area contributed by atoms with Crippen LogP contribution in [0.4, 0.5) is 0 Å². The van der Waals surface area contributed by atoms with Gasteiger partial charge in [0, 0.05) is 63.2 Å². The highest BCUT2D eigenvalue weighted by molar-refractivity contribution is 7.62. The third kappa shape index (κ3) is 44.3. The molecular formula is C90H183Cl4N11O20P5Si4+. The molecule has 134 heavy (non-hydrogen) atoms. The summed E-state index contributed by atoms with van der Waals surface area (Å²) in [4.78, 5) is 0. The molecule has 0 amide bonds. The van der Waals surface area contributed by atoms with Gasteiger partial charge in [-0.3, -0.25) is 10.2 Å². The van der Waals surface area contributed by atoms with Crippen molar-refractivity contribution in [3.63, 3.8) is 0 Å². The molecule has 31 nitrogen and oxygen atoms in total. The second-order valence-corrected chi connectivity index (χ2v) is 74.4. The molecule has 6 aliphatic rings.